The molecule has 1 aliphatic heterocycles. The van der Waals surface area contributed by atoms with Crippen LogP contribution >= 0.6 is 0 Å². The van der Waals surface area contributed by atoms with Gasteiger partial charge in [0.15, 0.2) is 0 Å². The third-order valence-electron chi connectivity index (χ3n) is 1.75. The fraction of sp³-hybridized carbons (Fsp3) is 0.667. The molecule has 0 atom stereocenters. The molecule has 4 heteroatoms. The van der Waals surface area contributed by atoms with E-state index in [0.717, 1.165) is 13.2 Å². The Bertz CT molecular complexity index is 207. The summed E-state index contributed by atoms with van der Waals surface area (Å²) in [5.74, 6) is -0.255. The first-order chi connectivity index (χ1) is 6.24. The minimum atomic E-state index is -0.255. The molecule has 1 rings (SSSR count). The van der Waals surface area contributed by atoms with Crippen LogP contribution in [0.25, 0.3) is 0 Å². The Balaban J connectivity index is 2.44. The van der Waals surface area contributed by atoms with Crippen molar-refractivity contribution in [3.63, 3.8) is 0 Å². The van der Waals surface area contributed by atoms with E-state index in [2.05, 4.69) is 0 Å². The molecule has 0 amide bonds. The van der Waals surface area contributed by atoms with Crippen molar-refractivity contribution in [2.75, 3.05) is 26.5 Å². The van der Waals surface area contributed by atoms with Gasteiger partial charge in [-0.2, -0.15) is 0 Å². The van der Waals surface area contributed by atoms with Crippen LogP contribution in [0, 0.1) is 0 Å². The molecule has 1 fully saturated rings. The van der Waals surface area contributed by atoms with Gasteiger partial charge in [0, 0.05) is 18.3 Å². The fourth-order valence-electron chi connectivity index (χ4n) is 1.10. The van der Waals surface area contributed by atoms with Crippen LogP contribution in [0.3, 0.4) is 0 Å². The molecule has 0 aromatic carbocycles. The Labute approximate surface area is 78.1 Å². The molecule has 0 aliphatic carbocycles. The molecule has 0 N–H and O–H groups in total. The standard InChI is InChI=1S/C9H15NO3/c1-3-13-9(11)8(2)6-10-4-5-12-7-10/h6H,3-5,7H2,1-2H3/b8-6+. The molecule has 0 aromatic heterocycles. The van der Waals surface area contributed by atoms with E-state index in [1.165, 1.54) is 0 Å². The Hall–Kier alpha value is -1.03. The predicted molar refractivity (Wildman–Crippen MR) is 47.9 cm³/mol. The van der Waals surface area contributed by atoms with E-state index in [9.17, 15) is 4.79 Å². The molecule has 4 nitrogen and oxygen atoms in total. The molecule has 1 heterocycles. The normalized spacial score (nSPS) is 17.7. The maximum atomic E-state index is 11.2. The van der Waals surface area contributed by atoms with E-state index < -0.39 is 0 Å². The van der Waals surface area contributed by atoms with Crippen molar-refractivity contribution in [1.29, 1.82) is 0 Å². The van der Waals surface area contributed by atoms with Gasteiger partial charge in [-0.25, -0.2) is 4.79 Å². The third kappa shape index (κ3) is 3.06. The van der Waals surface area contributed by atoms with Gasteiger partial charge in [-0.15, -0.1) is 0 Å². The van der Waals surface area contributed by atoms with Gasteiger partial charge in [0.1, 0.15) is 6.73 Å². The lowest BCUT2D eigenvalue weighted by Crippen LogP contribution is -2.15. The van der Waals surface area contributed by atoms with Gasteiger partial charge < -0.3 is 14.4 Å². The van der Waals surface area contributed by atoms with Gasteiger partial charge >= 0.3 is 5.97 Å². The molecule has 0 radical (unpaired) electrons. The third-order valence-corrected chi connectivity index (χ3v) is 1.75. The van der Waals surface area contributed by atoms with Crippen LogP contribution in [0.15, 0.2) is 11.8 Å². The van der Waals surface area contributed by atoms with Crippen molar-refractivity contribution in [1.82, 2.24) is 4.90 Å². The van der Waals surface area contributed by atoms with E-state index in [1.807, 2.05) is 4.90 Å². The number of hydrogen-bond donors (Lipinski definition) is 0. The van der Waals surface area contributed by atoms with Gasteiger partial charge in [-0.1, -0.05) is 0 Å². The van der Waals surface area contributed by atoms with Crippen molar-refractivity contribution < 1.29 is 14.3 Å². The average molecular weight is 185 g/mol. The Morgan fingerprint density at radius 3 is 3.00 bits per heavy atom. The summed E-state index contributed by atoms with van der Waals surface area (Å²) >= 11 is 0. The number of rotatable bonds is 3. The maximum Gasteiger partial charge on any atom is 0.335 e. The van der Waals surface area contributed by atoms with Crippen molar-refractivity contribution >= 4 is 5.97 Å². The molecule has 74 valence electrons. The molecule has 0 unspecified atom stereocenters. The predicted octanol–water partition coefficient (Wildman–Crippen LogP) is 0.743. The Morgan fingerprint density at radius 2 is 2.46 bits per heavy atom. The maximum absolute atomic E-state index is 11.2. The van der Waals surface area contributed by atoms with Gasteiger partial charge in [0.05, 0.1) is 13.2 Å². The van der Waals surface area contributed by atoms with Gasteiger partial charge in [-0.3, -0.25) is 0 Å². The second-order valence-corrected chi connectivity index (χ2v) is 2.88. The minimum Gasteiger partial charge on any atom is -0.463 e. The van der Waals surface area contributed by atoms with Crippen LogP contribution < -0.4 is 0 Å². The minimum absolute atomic E-state index is 0.255. The summed E-state index contributed by atoms with van der Waals surface area (Å²) in [6, 6.07) is 0. The highest BCUT2D eigenvalue weighted by atomic mass is 16.5. The molecular formula is C9H15NO3. The molecule has 0 bridgehead atoms. The SMILES string of the molecule is CCOC(=O)/C(C)=C/N1CCOC1. The van der Waals surface area contributed by atoms with E-state index in [0.29, 0.717) is 18.9 Å². The smallest absolute Gasteiger partial charge is 0.335 e. The second kappa shape index (κ2) is 4.87. The second-order valence-electron chi connectivity index (χ2n) is 2.88. The molecular weight excluding hydrogens is 170 g/mol. The zero-order chi connectivity index (χ0) is 9.68. The number of ether oxygens (including phenoxy) is 2. The summed E-state index contributed by atoms with van der Waals surface area (Å²) in [7, 11) is 0. The van der Waals surface area contributed by atoms with Gasteiger partial charge in [0.2, 0.25) is 0 Å². The molecule has 0 spiro atoms. The highest BCUT2D eigenvalue weighted by Gasteiger charge is 2.11. The van der Waals surface area contributed by atoms with Gasteiger partial charge in [0.25, 0.3) is 0 Å². The first-order valence-electron chi connectivity index (χ1n) is 4.41. The van der Waals surface area contributed by atoms with Gasteiger partial charge in [-0.05, 0) is 13.8 Å². The van der Waals surface area contributed by atoms with Crippen LogP contribution in [-0.4, -0.2) is 37.4 Å². The summed E-state index contributed by atoms with van der Waals surface area (Å²) in [5.41, 5.74) is 0.618. The van der Waals surface area contributed by atoms with Crippen LogP contribution in [0.2, 0.25) is 0 Å². The molecule has 1 aliphatic rings. The fourth-order valence-corrected chi connectivity index (χ4v) is 1.10. The number of carbonyl (C=O) groups is 1. The zero-order valence-corrected chi connectivity index (χ0v) is 8.08. The monoisotopic (exact) mass is 185 g/mol. The van der Waals surface area contributed by atoms with Crippen LogP contribution in [0.1, 0.15) is 13.8 Å². The van der Waals surface area contributed by atoms with E-state index in [4.69, 9.17) is 9.47 Å². The summed E-state index contributed by atoms with van der Waals surface area (Å²) < 4.78 is 9.97. The average Bonchev–Trinajstić information content (AvgIpc) is 2.57. The summed E-state index contributed by atoms with van der Waals surface area (Å²) in [6.07, 6.45) is 1.78. The quantitative estimate of drug-likeness (QED) is 0.480. The van der Waals surface area contributed by atoms with Crippen LogP contribution in [0.5, 0.6) is 0 Å². The van der Waals surface area contributed by atoms with E-state index in [-0.39, 0.29) is 5.97 Å². The van der Waals surface area contributed by atoms with Crippen molar-refractivity contribution in [2.45, 2.75) is 13.8 Å². The lowest BCUT2D eigenvalue weighted by Gasteiger charge is -2.10. The molecule has 1 saturated heterocycles. The summed E-state index contributed by atoms with van der Waals surface area (Å²) in [4.78, 5) is 13.1. The molecule has 13 heavy (non-hydrogen) atoms. The highest BCUT2D eigenvalue weighted by Crippen LogP contribution is 2.04. The lowest BCUT2D eigenvalue weighted by molar-refractivity contribution is -0.138. The lowest BCUT2D eigenvalue weighted by atomic mass is 10.3. The number of carbonyl (C=O) groups excluding carboxylic acids is 1. The number of nitrogens with zero attached hydrogens (tertiary/aromatic N) is 1. The number of esters is 1. The van der Waals surface area contributed by atoms with Crippen molar-refractivity contribution in [2.24, 2.45) is 0 Å². The Morgan fingerprint density at radius 1 is 1.69 bits per heavy atom. The van der Waals surface area contributed by atoms with E-state index in [1.54, 1.807) is 20.0 Å². The van der Waals surface area contributed by atoms with Crippen molar-refractivity contribution in [3.05, 3.63) is 11.8 Å². The largest absolute Gasteiger partial charge is 0.463 e. The molecule has 0 aromatic rings. The first kappa shape index (κ1) is 10.1. The zero-order valence-electron chi connectivity index (χ0n) is 8.08. The van der Waals surface area contributed by atoms with Crippen LogP contribution in [0.4, 0.5) is 0 Å². The highest BCUT2D eigenvalue weighted by molar-refractivity contribution is 5.87. The van der Waals surface area contributed by atoms with E-state index >= 15 is 0 Å². The summed E-state index contributed by atoms with van der Waals surface area (Å²) in [5, 5.41) is 0. The first-order valence-corrected chi connectivity index (χ1v) is 4.41. The molecule has 0 saturated carbocycles. The topological polar surface area (TPSA) is 38.8 Å². The number of hydrogen-bond acceptors (Lipinski definition) is 4. The van der Waals surface area contributed by atoms with Crippen molar-refractivity contribution in [3.8, 4) is 0 Å². The van der Waals surface area contributed by atoms with Crippen LogP contribution in [-0.2, 0) is 14.3 Å². The Kier molecular flexibility index (Phi) is 3.76. The summed E-state index contributed by atoms with van der Waals surface area (Å²) in [6.45, 7) is 6.10.